The van der Waals surface area contributed by atoms with Gasteiger partial charge in [-0.1, -0.05) is 35.9 Å². The van der Waals surface area contributed by atoms with Crippen LogP contribution in [-0.4, -0.2) is 10.9 Å². The van der Waals surface area contributed by atoms with Crippen molar-refractivity contribution in [1.29, 1.82) is 0 Å². The predicted molar refractivity (Wildman–Crippen MR) is 98.5 cm³/mol. The van der Waals surface area contributed by atoms with Crippen molar-refractivity contribution in [2.45, 2.75) is 6.42 Å². The van der Waals surface area contributed by atoms with Gasteiger partial charge in [-0.2, -0.15) is 0 Å². The van der Waals surface area contributed by atoms with E-state index >= 15 is 0 Å². The molecule has 3 rings (SSSR count). The molecule has 0 aliphatic heterocycles. The normalized spacial score (nSPS) is 10.5. The molecule has 0 fully saturated rings. The lowest BCUT2D eigenvalue weighted by Gasteiger charge is -2.03. The highest BCUT2D eigenvalue weighted by Crippen LogP contribution is 2.23. The third-order valence-electron chi connectivity index (χ3n) is 3.18. The Labute approximate surface area is 151 Å². The van der Waals surface area contributed by atoms with Gasteiger partial charge >= 0.3 is 0 Å². The molecule has 0 aliphatic rings. The molecule has 1 N–H and O–H groups in total. The number of hydrogen-bond acceptors (Lipinski definition) is 3. The topological polar surface area (TPSA) is 42.0 Å². The average Bonchev–Trinajstić information content (AvgIpc) is 2.97. The van der Waals surface area contributed by atoms with Crippen molar-refractivity contribution in [2.75, 3.05) is 5.32 Å². The highest BCUT2D eigenvalue weighted by atomic mass is 79.9. The zero-order valence-electron chi connectivity index (χ0n) is 11.9. The molecule has 0 radical (unpaired) electrons. The molecule has 0 atom stereocenters. The molecule has 23 heavy (non-hydrogen) atoms. The highest BCUT2D eigenvalue weighted by molar-refractivity contribution is 9.10. The number of nitrogens with zero attached hydrogens (tertiary/aromatic N) is 1. The van der Waals surface area contributed by atoms with Gasteiger partial charge in [-0.3, -0.25) is 10.1 Å². The molecular weight excluding hydrogens is 396 g/mol. The molecule has 1 amide bonds. The minimum absolute atomic E-state index is 0.176. The van der Waals surface area contributed by atoms with Gasteiger partial charge in [0.2, 0.25) is 0 Å². The molecule has 116 valence electrons. The van der Waals surface area contributed by atoms with Crippen molar-refractivity contribution >= 4 is 49.9 Å². The van der Waals surface area contributed by atoms with E-state index in [-0.39, 0.29) is 5.91 Å². The first-order valence-corrected chi connectivity index (χ1v) is 8.85. The van der Waals surface area contributed by atoms with Gasteiger partial charge in [0.15, 0.2) is 5.13 Å². The van der Waals surface area contributed by atoms with E-state index in [1.54, 1.807) is 12.3 Å². The number of anilines is 1. The van der Waals surface area contributed by atoms with Crippen molar-refractivity contribution in [1.82, 2.24) is 4.98 Å². The first-order valence-electron chi connectivity index (χ1n) is 6.87. The molecule has 0 bridgehead atoms. The lowest BCUT2D eigenvalue weighted by Crippen LogP contribution is -2.12. The Morgan fingerprint density at radius 1 is 1.17 bits per heavy atom. The number of carbonyl (C=O) groups excluding carboxylic acids is 1. The molecule has 6 heteroatoms. The summed E-state index contributed by atoms with van der Waals surface area (Å²) in [5.41, 5.74) is 1.74. The Morgan fingerprint density at radius 3 is 2.65 bits per heavy atom. The third-order valence-corrected chi connectivity index (χ3v) is 5.04. The molecule has 2 aromatic carbocycles. The molecule has 0 unspecified atom stereocenters. The van der Waals surface area contributed by atoms with Crippen LogP contribution in [0.3, 0.4) is 0 Å². The van der Waals surface area contributed by atoms with Gasteiger partial charge in [0.05, 0.1) is 5.56 Å². The molecule has 1 aromatic heterocycles. The molecule has 0 saturated heterocycles. The van der Waals surface area contributed by atoms with Crippen LogP contribution in [0, 0.1) is 0 Å². The Morgan fingerprint density at radius 2 is 1.91 bits per heavy atom. The van der Waals surface area contributed by atoms with Crippen LogP contribution in [0.4, 0.5) is 5.13 Å². The second-order valence-corrected chi connectivity index (χ2v) is 7.27. The van der Waals surface area contributed by atoms with Gasteiger partial charge in [-0.05, 0) is 45.8 Å². The number of thiazole rings is 1. The van der Waals surface area contributed by atoms with Gasteiger partial charge in [0, 0.05) is 27.0 Å². The summed E-state index contributed by atoms with van der Waals surface area (Å²) < 4.78 is 0.760. The van der Waals surface area contributed by atoms with Crippen LogP contribution >= 0.6 is 38.9 Å². The van der Waals surface area contributed by atoms with E-state index in [4.69, 9.17) is 11.6 Å². The third kappa shape index (κ3) is 4.19. The van der Waals surface area contributed by atoms with Crippen molar-refractivity contribution in [3.8, 4) is 0 Å². The van der Waals surface area contributed by atoms with Crippen LogP contribution < -0.4 is 5.32 Å². The summed E-state index contributed by atoms with van der Waals surface area (Å²) in [5.74, 6) is -0.176. The number of aromatic nitrogens is 1. The number of rotatable bonds is 4. The van der Waals surface area contributed by atoms with Crippen molar-refractivity contribution < 1.29 is 4.79 Å². The van der Waals surface area contributed by atoms with E-state index < -0.39 is 0 Å². The maximum absolute atomic E-state index is 12.3. The fourth-order valence-corrected chi connectivity index (χ4v) is 3.49. The Balaban J connectivity index is 1.69. The summed E-state index contributed by atoms with van der Waals surface area (Å²) in [5, 5.41) is 4.15. The first kappa shape index (κ1) is 16.2. The molecule has 1 heterocycles. The number of carbonyl (C=O) groups is 1. The minimum atomic E-state index is -0.176. The summed E-state index contributed by atoms with van der Waals surface area (Å²) >= 11 is 10.7. The van der Waals surface area contributed by atoms with Crippen LogP contribution in [0.15, 0.2) is 59.2 Å². The van der Waals surface area contributed by atoms with Gasteiger partial charge in [0.1, 0.15) is 0 Å². The number of nitrogens with one attached hydrogen (secondary N) is 1. The van der Waals surface area contributed by atoms with Crippen molar-refractivity contribution in [3.63, 3.8) is 0 Å². The van der Waals surface area contributed by atoms with Gasteiger partial charge in [0.25, 0.3) is 5.91 Å². The van der Waals surface area contributed by atoms with Crippen LogP contribution in [-0.2, 0) is 6.42 Å². The second-order valence-electron chi connectivity index (χ2n) is 4.87. The minimum Gasteiger partial charge on any atom is -0.298 e. The van der Waals surface area contributed by atoms with E-state index in [0.717, 1.165) is 26.4 Å². The van der Waals surface area contributed by atoms with Crippen LogP contribution in [0.25, 0.3) is 0 Å². The summed E-state index contributed by atoms with van der Waals surface area (Å²) in [6.07, 6.45) is 2.55. The maximum Gasteiger partial charge on any atom is 0.258 e. The summed E-state index contributed by atoms with van der Waals surface area (Å²) in [6.45, 7) is 0. The lowest BCUT2D eigenvalue weighted by atomic mass is 10.1. The maximum atomic E-state index is 12.3. The van der Waals surface area contributed by atoms with Gasteiger partial charge < -0.3 is 0 Å². The number of amides is 1. The molecule has 0 aliphatic carbocycles. The Bertz CT molecular complexity index is 833. The number of halogens is 2. The highest BCUT2D eigenvalue weighted by Gasteiger charge is 2.11. The van der Waals surface area contributed by atoms with Crippen molar-refractivity contribution in [2.24, 2.45) is 0 Å². The van der Waals surface area contributed by atoms with E-state index in [2.05, 4.69) is 26.2 Å². The van der Waals surface area contributed by atoms with E-state index in [0.29, 0.717) is 10.7 Å². The van der Waals surface area contributed by atoms with Gasteiger partial charge in [-0.15, -0.1) is 11.3 Å². The average molecular weight is 408 g/mol. The van der Waals surface area contributed by atoms with Crippen LogP contribution in [0.1, 0.15) is 20.8 Å². The molecule has 3 nitrogen and oxygen atoms in total. The zero-order chi connectivity index (χ0) is 16.2. The molecule has 3 aromatic rings. The second kappa shape index (κ2) is 7.25. The Hall–Kier alpha value is -1.69. The standard InChI is InChI=1S/C17H12BrClN2OS/c18-15-4-2-1-3-14(15)16(22)21-17-20-10-13(23-17)9-11-5-7-12(19)8-6-11/h1-8,10H,9H2,(H,20,21,22). The van der Waals surface area contributed by atoms with Gasteiger partial charge in [-0.25, -0.2) is 4.98 Å². The van der Waals surface area contributed by atoms with Crippen molar-refractivity contribution in [3.05, 3.63) is 80.2 Å². The van der Waals surface area contributed by atoms with E-state index in [9.17, 15) is 4.79 Å². The zero-order valence-corrected chi connectivity index (χ0v) is 15.1. The quantitative estimate of drug-likeness (QED) is 0.629. The monoisotopic (exact) mass is 406 g/mol. The number of benzene rings is 2. The predicted octanol–water partition coefficient (Wildman–Crippen LogP) is 5.40. The molecule has 0 saturated carbocycles. The fraction of sp³-hybridized carbons (Fsp3) is 0.0588. The van der Waals surface area contributed by atoms with E-state index in [1.165, 1.54) is 11.3 Å². The summed E-state index contributed by atoms with van der Waals surface area (Å²) in [6, 6.07) is 15.0. The van der Waals surface area contributed by atoms with Crippen LogP contribution in [0.5, 0.6) is 0 Å². The lowest BCUT2D eigenvalue weighted by molar-refractivity contribution is 0.102. The first-order chi connectivity index (χ1) is 11.1. The smallest absolute Gasteiger partial charge is 0.258 e. The fourth-order valence-electron chi connectivity index (χ4n) is 2.06. The van der Waals surface area contributed by atoms with Crippen LogP contribution in [0.2, 0.25) is 5.02 Å². The molecular formula is C17H12BrClN2OS. The summed E-state index contributed by atoms with van der Waals surface area (Å²) in [4.78, 5) is 17.6. The molecule has 0 spiro atoms. The SMILES string of the molecule is O=C(Nc1ncc(Cc2ccc(Cl)cc2)s1)c1ccccc1Br. The summed E-state index contributed by atoms with van der Waals surface area (Å²) in [7, 11) is 0. The van der Waals surface area contributed by atoms with E-state index in [1.807, 2.05) is 42.5 Å². The Kier molecular flexibility index (Phi) is 5.10. The number of hydrogen-bond donors (Lipinski definition) is 1. The largest absolute Gasteiger partial charge is 0.298 e.